The van der Waals surface area contributed by atoms with Crippen molar-refractivity contribution >= 4 is 0 Å². The van der Waals surface area contributed by atoms with Crippen LogP contribution in [0.25, 0.3) is 0 Å². The maximum Gasteiger partial charge on any atom is 0.186 e. The number of rotatable bonds is 5. The van der Waals surface area contributed by atoms with E-state index in [0.717, 1.165) is 11.3 Å². The summed E-state index contributed by atoms with van der Waals surface area (Å²) in [5.74, 6) is 1.34. The molecule has 0 aliphatic carbocycles. The van der Waals surface area contributed by atoms with E-state index in [0.29, 0.717) is 23.6 Å². The third kappa shape index (κ3) is 2.97. The summed E-state index contributed by atoms with van der Waals surface area (Å²) in [5, 5.41) is 17.1. The summed E-state index contributed by atoms with van der Waals surface area (Å²) in [6.07, 6.45) is 0.564. The van der Waals surface area contributed by atoms with E-state index in [2.05, 4.69) is 16.4 Å². The van der Waals surface area contributed by atoms with Crippen molar-refractivity contribution < 1.29 is 9.47 Å². The van der Waals surface area contributed by atoms with Crippen LogP contribution in [-0.2, 0) is 6.42 Å². The summed E-state index contributed by atoms with van der Waals surface area (Å²) < 4.78 is 12.3. The van der Waals surface area contributed by atoms with Gasteiger partial charge in [0.15, 0.2) is 17.2 Å². The standard InChI is InChI=1S/C15H18N4O2/c1-10(2)19-13(12(9-16)17-18-19)7-11-5-6-14(20-3)15(8-11)21-4/h5-6,8,10H,7H2,1-4H3. The molecule has 0 N–H and O–H groups in total. The molecule has 2 rings (SSSR count). The SMILES string of the molecule is COc1ccc(Cc2c(C#N)nnn2C(C)C)cc1OC. The van der Waals surface area contributed by atoms with Crippen molar-refractivity contribution in [2.75, 3.05) is 14.2 Å². The third-order valence-electron chi connectivity index (χ3n) is 3.21. The Balaban J connectivity index is 2.38. The molecule has 110 valence electrons. The molecule has 0 amide bonds. The predicted molar refractivity (Wildman–Crippen MR) is 77.5 cm³/mol. The highest BCUT2D eigenvalue weighted by molar-refractivity contribution is 5.44. The van der Waals surface area contributed by atoms with Crippen molar-refractivity contribution in [3.8, 4) is 17.6 Å². The number of nitriles is 1. The molecule has 0 unspecified atom stereocenters. The molecule has 0 aliphatic heterocycles. The van der Waals surface area contributed by atoms with Gasteiger partial charge in [0.25, 0.3) is 0 Å². The zero-order valence-electron chi connectivity index (χ0n) is 12.6. The van der Waals surface area contributed by atoms with Crippen LogP contribution in [0.4, 0.5) is 0 Å². The van der Waals surface area contributed by atoms with Gasteiger partial charge < -0.3 is 9.47 Å². The van der Waals surface area contributed by atoms with E-state index in [1.165, 1.54) is 0 Å². The van der Waals surface area contributed by atoms with Crippen molar-refractivity contribution in [2.45, 2.75) is 26.3 Å². The Bertz CT molecular complexity index is 671. The molecule has 0 fully saturated rings. The minimum absolute atomic E-state index is 0.148. The molecule has 1 aromatic carbocycles. The van der Waals surface area contributed by atoms with Gasteiger partial charge >= 0.3 is 0 Å². The first-order valence-electron chi connectivity index (χ1n) is 6.65. The van der Waals surface area contributed by atoms with Crippen molar-refractivity contribution in [1.82, 2.24) is 15.0 Å². The maximum atomic E-state index is 9.16. The molecule has 1 heterocycles. The van der Waals surface area contributed by atoms with Gasteiger partial charge in [-0.3, -0.25) is 0 Å². The molecule has 0 saturated carbocycles. The van der Waals surface area contributed by atoms with Gasteiger partial charge in [0.1, 0.15) is 6.07 Å². The highest BCUT2D eigenvalue weighted by atomic mass is 16.5. The largest absolute Gasteiger partial charge is 0.493 e. The van der Waals surface area contributed by atoms with Gasteiger partial charge in [-0.15, -0.1) is 5.10 Å². The van der Waals surface area contributed by atoms with Crippen LogP contribution in [0.15, 0.2) is 18.2 Å². The van der Waals surface area contributed by atoms with Gasteiger partial charge in [0.2, 0.25) is 0 Å². The van der Waals surface area contributed by atoms with E-state index in [1.807, 2.05) is 32.0 Å². The number of benzene rings is 1. The van der Waals surface area contributed by atoms with Crippen LogP contribution in [-0.4, -0.2) is 29.2 Å². The zero-order valence-corrected chi connectivity index (χ0v) is 12.6. The lowest BCUT2D eigenvalue weighted by atomic mass is 10.1. The van der Waals surface area contributed by atoms with Crippen molar-refractivity contribution in [3.63, 3.8) is 0 Å². The predicted octanol–water partition coefficient (Wildman–Crippen LogP) is 2.34. The van der Waals surface area contributed by atoms with Crippen LogP contribution in [0.3, 0.4) is 0 Å². The molecule has 2 aromatic rings. The second-order valence-electron chi connectivity index (χ2n) is 4.90. The Hall–Kier alpha value is -2.55. The van der Waals surface area contributed by atoms with Crippen LogP contribution in [0.5, 0.6) is 11.5 Å². The molecule has 1 aromatic heterocycles. The first-order valence-corrected chi connectivity index (χ1v) is 6.65. The number of hydrogen-bond acceptors (Lipinski definition) is 5. The number of aromatic nitrogens is 3. The number of methoxy groups -OCH3 is 2. The van der Waals surface area contributed by atoms with Gasteiger partial charge in [-0.05, 0) is 31.5 Å². The van der Waals surface area contributed by atoms with Crippen molar-refractivity contribution in [2.24, 2.45) is 0 Å². The molecule has 0 atom stereocenters. The minimum atomic E-state index is 0.148. The van der Waals surface area contributed by atoms with Gasteiger partial charge in [0.05, 0.1) is 19.9 Å². The highest BCUT2D eigenvalue weighted by Crippen LogP contribution is 2.29. The lowest BCUT2D eigenvalue weighted by molar-refractivity contribution is 0.354. The number of hydrogen-bond donors (Lipinski definition) is 0. The lowest BCUT2D eigenvalue weighted by Gasteiger charge is -2.12. The third-order valence-corrected chi connectivity index (χ3v) is 3.21. The fraction of sp³-hybridized carbons (Fsp3) is 0.400. The average molecular weight is 286 g/mol. The smallest absolute Gasteiger partial charge is 0.186 e. The summed E-state index contributed by atoms with van der Waals surface area (Å²) in [7, 11) is 3.20. The van der Waals surface area contributed by atoms with Crippen LogP contribution < -0.4 is 9.47 Å². The fourth-order valence-corrected chi connectivity index (χ4v) is 2.16. The first-order chi connectivity index (χ1) is 10.1. The monoisotopic (exact) mass is 286 g/mol. The fourth-order valence-electron chi connectivity index (χ4n) is 2.16. The van der Waals surface area contributed by atoms with E-state index >= 15 is 0 Å². The zero-order chi connectivity index (χ0) is 15.4. The first kappa shape index (κ1) is 14.9. The van der Waals surface area contributed by atoms with Crippen LogP contribution in [0, 0.1) is 11.3 Å². The van der Waals surface area contributed by atoms with Crippen LogP contribution >= 0.6 is 0 Å². The van der Waals surface area contributed by atoms with E-state index in [9.17, 15) is 0 Å². The normalized spacial score (nSPS) is 10.5. The number of ether oxygens (including phenoxy) is 2. The molecule has 6 heteroatoms. The number of nitrogens with zero attached hydrogens (tertiary/aromatic N) is 4. The summed E-state index contributed by atoms with van der Waals surface area (Å²) in [6.45, 7) is 4.02. The van der Waals surface area contributed by atoms with E-state index in [4.69, 9.17) is 14.7 Å². The van der Waals surface area contributed by atoms with Gasteiger partial charge in [0, 0.05) is 12.5 Å². The van der Waals surface area contributed by atoms with E-state index in [-0.39, 0.29) is 6.04 Å². The Morgan fingerprint density at radius 2 is 1.95 bits per heavy atom. The van der Waals surface area contributed by atoms with Gasteiger partial charge in [-0.1, -0.05) is 11.3 Å². The quantitative estimate of drug-likeness (QED) is 0.843. The Morgan fingerprint density at radius 3 is 2.52 bits per heavy atom. The van der Waals surface area contributed by atoms with E-state index in [1.54, 1.807) is 18.9 Å². The molecule has 0 aliphatic rings. The Kier molecular flexibility index (Phi) is 4.43. The van der Waals surface area contributed by atoms with Crippen molar-refractivity contribution in [3.05, 3.63) is 35.2 Å². The van der Waals surface area contributed by atoms with Gasteiger partial charge in [-0.2, -0.15) is 5.26 Å². The maximum absolute atomic E-state index is 9.16. The van der Waals surface area contributed by atoms with Crippen LogP contribution in [0.1, 0.15) is 36.8 Å². The molecule has 6 nitrogen and oxygen atoms in total. The summed E-state index contributed by atoms with van der Waals surface area (Å²) in [6, 6.07) is 7.94. The molecule has 0 saturated heterocycles. The second-order valence-corrected chi connectivity index (χ2v) is 4.90. The van der Waals surface area contributed by atoms with Crippen LogP contribution in [0.2, 0.25) is 0 Å². The average Bonchev–Trinajstić information content (AvgIpc) is 2.90. The molecular formula is C15H18N4O2. The topological polar surface area (TPSA) is 73.0 Å². The van der Waals surface area contributed by atoms with E-state index < -0.39 is 0 Å². The highest BCUT2D eigenvalue weighted by Gasteiger charge is 2.16. The summed E-state index contributed by atoms with van der Waals surface area (Å²) in [4.78, 5) is 0. The molecule has 0 bridgehead atoms. The lowest BCUT2D eigenvalue weighted by Crippen LogP contribution is -2.09. The Morgan fingerprint density at radius 1 is 1.24 bits per heavy atom. The summed E-state index contributed by atoms with van der Waals surface area (Å²) >= 11 is 0. The summed E-state index contributed by atoms with van der Waals surface area (Å²) in [5.41, 5.74) is 2.17. The molecule has 21 heavy (non-hydrogen) atoms. The molecular weight excluding hydrogens is 268 g/mol. The molecule has 0 radical (unpaired) electrons. The van der Waals surface area contributed by atoms with Gasteiger partial charge in [-0.25, -0.2) is 4.68 Å². The Labute approximate surface area is 123 Å². The second kappa shape index (κ2) is 6.27. The van der Waals surface area contributed by atoms with Crippen molar-refractivity contribution in [1.29, 1.82) is 5.26 Å². The molecule has 0 spiro atoms. The minimum Gasteiger partial charge on any atom is -0.493 e.